The molecule has 4 bridgehead atoms. The second-order valence-electron chi connectivity index (χ2n) is 10.2. The van der Waals surface area contributed by atoms with Gasteiger partial charge in [-0.25, -0.2) is 4.39 Å². The van der Waals surface area contributed by atoms with Crippen LogP contribution in [0.1, 0.15) is 49.7 Å². The van der Waals surface area contributed by atoms with E-state index in [1.807, 2.05) is 30.3 Å². The number of nitrogens with one attached hydrogen (secondary N) is 1. The van der Waals surface area contributed by atoms with Crippen LogP contribution in [0.4, 0.5) is 4.39 Å². The van der Waals surface area contributed by atoms with E-state index < -0.39 is 5.82 Å². The van der Waals surface area contributed by atoms with Gasteiger partial charge in [-0.1, -0.05) is 18.2 Å². The number of nitrogens with zero attached hydrogens (tertiary/aromatic N) is 1. The van der Waals surface area contributed by atoms with Crippen molar-refractivity contribution in [2.24, 2.45) is 28.7 Å². The van der Waals surface area contributed by atoms with Crippen molar-refractivity contribution in [1.29, 1.82) is 0 Å². The van der Waals surface area contributed by atoms with Crippen molar-refractivity contribution in [1.82, 2.24) is 5.32 Å². The van der Waals surface area contributed by atoms with Gasteiger partial charge in [0.1, 0.15) is 0 Å². The quantitative estimate of drug-likeness (QED) is 0.336. The fourth-order valence-corrected chi connectivity index (χ4v) is 7.80. The lowest BCUT2D eigenvalue weighted by atomic mass is 9.48. The van der Waals surface area contributed by atoms with Gasteiger partial charge in [0, 0.05) is 5.56 Å². The summed E-state index contributed by atoms with van der Waals surface area (Å²) in [5.41, 5.74) is 3.11. The highest BCUT2D eigenvalue weighted by Crippen LogP contribution is 2.62. The number of nitrogens with two attached hydrogens (primary N) is 1. The van der Waals surface area contributed by atoms with Crippen molar-refractivity contribution in [3.05, 3.63) is 58.2 Å². The van der Waals surface area contributed by atoms with E-state index in [0.29, 0.717) is 27.8 Å². The van der Waals surface area contributed by atoms with Crippen LogP contribution in [0.2, 0.25) is 0 Å². The highest BCUT2D eigenvalue weighted by Gasteiger charge is 2.52. The van der Waals surface area contributed by atoms with Gasteiger partial charge in [0.05, 0.1) is 4.91 Å². The van der Waals surface area contributed by atoms with Crippen molar-refractivity contribution in [2.75, 3.05) is 0 Å². The van der Waals surface area contributed by atoms with Gasteiger partial charge in [0.15, 0.2) is 16.7 Å². The number of hydrogen-bond donors (Lipinski definition) is 3. The largest absolute Gasteiger partial charge is 0.505 e. The second kappa shape index (κ2) is 7.62. The molecule has 0 atom stereocenters. The third-order valence-electron chi connectivity index (χ3n) is 7.96. The molecule has 4 saturated carbocycles. The number of carbonyl (C=O) groups excluding carboxylic acids is 1. The van der Waals surface area contributed by atoms with Gasteiger partial charge in [-0.2, -0.15) is 5.10 Å². The van der Waals surface area contributed by atoms with Crippen LogP contribution in [0.3, 0.4) is 0 Å². The molecule has 2 aromatic carbocycles. The Morgan fingerprint density at radius 1 is 1.09 bits per heavy atom. The van der Waals surface area contributed by atoms with E-state index in [4.69, 9.17) is 5.84 Å². The number of phenols is 1. The van der Waals surface area contributed by atoms with Gasteiger partial charge >= 0.3 is 0 Å². The number of aromatic hydroxyl groups is 1. The molecule has 5 fully saturated rings. The molecule has 7 heteroatoms. The Hall–Kier alpha value is -2.80. The molecule has 0 aromatic heterocycles. The lowest BCUT2D eigenvalue weighted by Gasteiger charge is -2.57. The predicted molar refractivity (Wildman–Crippen MR) is 129 cm³/mol. The summed E-state index contributed by atoms with van der Waals surface area (Å²) in [6.07, 6.45) is 8.82. The molecule has 2 aromatic rings. The Morgan fingerprint density at radius 3 is 2.42 bits per heavy atom. The number of thioether (sulfide) groups is 1. The topological polar surface area (TPSA) is 87.7 Å². The molecule has 1 aliphatic heterocycles. The Balaban J connectivity index is 1.38. The smallest absolute Gasteiger partial charge is 0.264 e. The van der Waals surface area contributed by atoms with Crippen LogP contribution < -0.4 is 11.2 Å². The van der Waals surface area contributed by atoms with Gasteiger partial charge in [0.25, 0.3) is 5.91 Å². The molecule has 1 amide bonds. The molecule has 0 unspecified atom stereocenters. The van der Waals surface area contributed by atoms with E-state index in [-0.39, 0.29) is 17.1 Å². The van der Waals surface area contributed by atoms with E-state index in [0.717, 1.165) is 41.5 Å². The van der Waals surface area contributed by atoms with Crippen LogP contribution in [-0.4, -0.2) is 16.2 Å². The molecule has 33 heavy (non-hydrogen) atoms. The van der Waals surface area contributed by atoms with Crippen molar-refractivity contribution in [2.45, 2.75) is 43.9 Å². The summed E-state index contributed by atoms with van der Waals surface area (Å²) < 4.78 is 15.0. The normalized spacial score (nSPS) is 32.6. The third-order valence-corrected chi connectivity index (χ3v) is 8.88. The summed E-state index contributed by atoms with van der Waals surface area (Å²) in [6, 6.07) is 11.1. The van der Waals surface area contributed by atoms with E-state index >= 15 is 4.39 Å². The van der Waals surface area contributed by atoms with Gasteiger partial charge in [-0.3, -0.25) is 10.1 Å². The number of amides is 1. The monoisotopic (exact) mass is 463 g/mol. The Kier molecular flexibility index (Phi) is 4.80. The number of phenolic OH excluding ortho intramolecular Hbond substituents is 1. The van der Waals surface area contributed by atoms with Crippen molar-refractivity contribution in [3.8, 4) is 16.9 Å². The summed E-state index contributed by atoms with van der Waals surface area (Å²) in [5, 5.41) is 17.3. The summed E-state index contributed by atoms with van der Waals surface area (Å²) in [4.78, 5) is 12.6. The first kappa shape index (κ1) is 20.8. The maximum Gasteiger partial charge on any atom is 0.264 e. The molecule has 4 aliphatic carbocycles. The number of amidine groups is 1. The van der Waals surface area contributed by atoms with Gasteiger partial charge in [-0.05, 0) is 114 Å². The minimum Gasteiger partial charge on any atom is -0.505 e. The fraction of sp³-hybridized carbons (Fsp3) is 0.385. The molecule has 5 aliphatic rings. The maximum atomic E-state index is 15.0. The summed E-state index contributed by atoms with van der Waals surface area (Å²) in [7, 11) is 0. The highest BCUT2D eigenvalue weighted by molar-refractivity contribution is 8.18. The number of rotatable bonds is 3. The van der Waals surface area contributed by atoms with Gasteiger partial charge in [0.2, 0.25) is 0 Å². The van der Waals surface area contributed by atoms with E-state index in [1.165, 1.54) is 37.1 Å². The van der Waals surface area contributed by atoms with Gasteiger partial charge in [-0.15, -0.1) is 0 Å². The predicted octanol–water partition coefficient (Wildman–Crippen LogP) is 5.10. The van der Waals surface area contributed by atoms with Crippen LogP contribution in [-0.2, 0) is 10.2 Å². The molecule has 170 valence electrons. The molecule has 0 spiro atoms. The number of hydrazone groups is 1. The second-order valence-corrected chi connectivity index (χ2v) is 11.2. The first-order valence-corrected chi connectivity index (χ1v) is 12.4. The SMILES string of the molecule is N/N=C1\NC(=O)C(=Cc2cccc(-c3cc(F)c(O)c(C45CC6CC(CC(C6)C4)C5)c3)c2)S1. The molecule has 0 radical (unpaired) electrons. The average Bonchev–Trinajstić information content (AvgIpc) is 3.14. The summed E-state index contributed by atoms with van der Waals surface area (Å²) in [6.45, 7) is 0. The number of carbonyl (C=O) groups is 1. The van der Waals surface area contributed by atoms with Crippen LogP contribution >= 0.6 is 11.8 Å². The zero-order chi connectivity index (χ0) is 22.7. The molecule has 4 N–H and O–H groups in total. The number of hydrogen-bond acceptors (Lipinski definition) is 5. The van der Waals surface area contributed by atoms with Crippen molar-refractivity contribution < 1.29 is 14.3 Å². The molecule has 7 rings (SSSR count). The maximum absolute atomic E-state index is 15.0. The number of halogens is 1. The average molecular weight is 464 g/mol. The molecule has 5 nitrogen and oxygen atoms in total. The van der Waals surface area contributed by atoms with Crippen molar-refractivity contribution in [3.63, 3.8) is 0 Å². The fourth-order valence-electron chi connectivity index (χ4n) is 7.06. The highest BCUT2D eigenvalue weighted by atomic mass is 32.2. The van der Waals surface area contributed by atoms with Crippen LogP contribution in [0.25, 0.3) is 17.2 Å². The Morgan fingerprint density at radius 2 is 1.79 bits per heavy atom. The third kappa shape index (κ3) is 3.53. The zero-order valence-corrected chi connectivity index (χ0v) is 19.0. The van der Waals surface area contributed by atoms with E-state index in [9.17, 15) is 9.90 Å². The van der Waals surface area contributed by atoms with Gasteiger partial charge < -0.3 is 10.9 Å². The zero-order valence-electron chi connectivity index (χ0n) is 18.2. The molecule has 1 heterocycles. The summed E-state index contributed by atoms with van der Waals surface area (Å²) >= 11 is 1.19. The lowest BCUT2D eigenvalue weighted by molar-refractivity contribution is -0.115. The minimum atomic E-state index is -0.559. The van der Waals surface area contributed by atoms with E-state index in [1.54, 1.807) is 6.08 Å². The summed E-state index contributed by atoms with van der Waals surface area (Å²) in [5.74, 6) is 6.40. The first-order valence-electron chi connectivity index (χ1n) is 11.5. The minimum absolute atomic E-state index is 0.105. The van der Waals surface area contributed by atoms with Crippen molar-refractivity contribution >= 4 is 28.9 Å². The van der Waals surface area contributed by atoms with Crippen LogP contribution in [0, 0.1) is 23.6 Å². The lowest BCUT2D eigenvalue weighted by Crippen LogP contribution is -2.48. The Bertz CT molecular complexity index is 1190. The molecular weight excluding hydrogens is 437 g/mol. The Labute approximate surface area is 196 Å². The van der Waals surface area contributed by atoms with E-state index in [2.05, 4.69) is 10.4 Å². The standard InChI is InChI=1S/C26H26FN3O2S/c27-21-10-19(18-3-1-2-14(7-18)8-22-24(32)29-25(30-28)33-22)9-20(23(21)31)26-11-15-4-16(12-26)6-17(5-15)13-26/h1-3,7-10,15-17,31H,4-6,11-13,28H2,(H,29,30,32). The van der Waals surface area contributed by atoms with Crippen LogP contribution in [0.15, 0.2) is 46.4 Å². The molecular formula is C26H26FN3O2S. The number of benzene rings is 2. The van der Waals surface area contributed by atoms with Crippen LogP contribution in [0.5, 0.6) is 5.75 Å². The first-order chi connectivity index (χ1) is 15.9. The molecule has 1 saturated heterocycles.